The summed E-state index contributed by atoms with van der Waals surface area (Å²) >= 11 is 0. The van der Waals surface area contributed by atoms with Crippen LogP contribution in [0.3, 0.4) is 0 Å². The maximum absolute atomic E-state index is 12.5. The van der Waals surface area contributed by atoms with Crippen LogP contribution in [0.15, 0.2) is 53.5 Å². The summed E-state index contributed by atoms with van der Waals surface area (Å²) in [6.45, 7) is 0. The molecule has 0 saturated carbocycles. The minimum Gasteiger partial charge on any atom is -0.321 e. The normalized spacial score (nSPS) is 11.0. The van der Waals surface area contributed by atoms with Crippen LogP contribution in [-0.2, 0) is 0 Å². The lowest BCUT2D eigenvalue weighted by Crippen LogP contribution is -2.19. The lowest BCUT2D eigenvalue weighted by molar-refractivity contribution is 0.102. The molecule has 0 radical (unpaired) electrons. The van der Waals surface area contributed by atoms with Gasteiger partial charge >= 0.3 is 0 Å². The number of anilines is 1. The standard InChI is InChI=1S/C16H11N5O2/c22-15-12-4-2-1-3-11(12)14(20-21-15)16(23)18-10-6-5-9-8-17-19-13(9)7-10/h1-8H,(H,17,19)(H,18,23)(H,21,22). The van der Waals surface area contributed by atoms with Gasteiger partial charge in [0.1, 0.15) is 0 Å². The van der Waals surface area contributed by atoms with Gasteiger partial charge in [-0.05, 0) is 24.3 Å². The Morgan fingerprint density at radius 2 is 1.87 bits per heavy atom. The molecule has 0 aliphatic carbocycles. The molecule has 2 heterocycles. The first-order valence-corrected chi connectivity index (χ1v) is 6.94. The Labute approximate surface area is 129 Å². The van der Waals surface area contributed by atoms with Crippen molar-refractivity contribution < 1.29 is 4.79 Å². The van der Waals surface area contributed by atoms with Crippen LogP contribution < -0.4 is 10.9 Å². The monoisotopic (exact) mass is 305 g/mol. The maximum Gasteiger partial charge on any atom is 0.276 e. The summed E-state index contributed by atoms with van der Waals surface area (Å²) in [7, 11) is 0. The van der Waals surface area contributed by atoms with Crippen molar-refractivity contribution in [3.05, 3.63) is 64.7 Å². The van der Waals surface area contributed by atoms with Gasteiger partial charge in [0.25, 0.3) is 11.5 Å². The lowest BCUT2D eigenvalue weighted by Gasteiger charge is -2.06. The third-order valence-electron chi connectivity index (χ3n) is 3.61. The van der Waals surface area contributed by atoms with E-state index in [-0.39, 0.29) is 11.3 Å². The number of rotatable bonds is 2. The predicted octanol–water partition coefficient (Wildman–Crippen LogP) is 2.05. The highest BCUT2D eigenvalue weighted by atomic mass is 16.2. The number of aromatic amines is 2. The second kappa shape index (κ2) is 5.06. The summed E-state index contributed by atoms with van der Waals surface area (Å²) < 4.78 is 0. The second-order valence-electron chi connectivity index (χ2n) is 5.07. The number of nitrogens with zero attached hydrogens (tertiary/aromatic N) is 2. The van der Waals surface area contributed by atoms with E-state index in [1.54, 1.807) is 42.6 Å². The van der Waals surface area contributed by atoms with E-state index >= 15 is 0 Å². The van der Waals surface area contributed by atoms with E-state index in [9.17, 15) is 9.59 Å². The molecule has 7 nitrogen and oxygen atoms in total. The first kappa shape index (κ1) is 13.2. The summed E-state index contributed by atoms with van der Waals surface area (Å²) in [6.07, 6.45) is 1.71. The zero-order valence-corrected chi connectivity index (χ0v) is 11.8. The van der Waals surface area contributed by atoms with E-state index in [0.29, 0.717) is 16.5 Å². The summed E-state index contributed by atoms with van der Waals surface area (Å²) in [6, 6.07) is 12.3. The van der Waals surface area contributed by atoms with Gasteiger partial charge in [0.2, 0.25) is 0 Å². The molecule has 0 aliphatic heterocycles. The highest BCUT2D eigenvalue weighted by molar-refractivity contribution is 6.11. The van der Waals surface area contributed by atoms with Crippen LogP contribution >= 0.6 is 0 Å². The van der Waals surface area contributed by atoms with E-state index < -0.39 is 5.91 Å². The summed E-state index contributed by atoms with van der Waals surface area (Å²) in [5.74, 6) is -0.392. The van der Waals surface area contributed by atoms with Crippen molar-refractivity contribution in [3.63, 3.8) is 0 Å². The molecule has 0 saturated heterocycles. The second-order valence-corrected chi connectivity index (χ2v) is 5.07. The van der Waals surface area contributed by atoms with Crippen molar-refractivity contribution in [3.8, 4) is 0 Å². The Hall–Kier alpha value is -3.48. The van der Waals surface area contributed by atoms with Crippen molar-refractivity contribution in [1.82, 2.24) is 20.4 Å². The number of benzene rings is 2. The smallest absolute Gasteiger partial charge is 0.276 e. The van der Waals surface area contributed by atoms with E-state index in [1.807, 2.05) is 6.07 Å². The van der Waals surface area contributed by atoms with Gasteiger partial charge in [-0.15, -0.1) is 0 Å². The van der Waals surface area contributed by atoms with Crippen LogP contribution in [0.5, 0.6) is 0 Å². The van der Waals surface area contributed by atoms with Gasteiger partial charge in [0.05, 0.1) is 17.1 Å². The molecule has 2 aromatic heterocycles. The molecule has 7 heteroatoms. The van der Waals surface area contributed by atoms with Gasteiger partial charge in [0, 0.05) is 16.5 Å². The third-order valence-corrected chi connectivity index (χ3v) is 3.61. The summed E-state index contributed by atoms with van der Waals surface area (Å²) in [5, 5.41) is 17.7. The number of amides is 1. The third kappa shape index (κ3) is 2.24. The molecule has 0 aliphatic rings. The van der Waals surface area contributed by atoms with Gasteiger partial charge in [0.15, 0.2) is 5.69 Å². The van der Waals surface area contributed by atoms with Crippen molar-refractivity contribution in [2.45, 2.75) is 0 Å². The van der Waals surface area contributed by atoms with Crippen LogP contribution in [0.1, 0.15) is 10.5 Å². The van der Waals surface area contributed by atoms with Gasteiger partial charge in [-0.3, -0.25) is 14.7 Å². The molecular formula is C16H11N5O2. The van der Waals surface area contributed by atoms with Crippen LogP contribution in [0.25, 0.3) is 21.7 Å². The SMILES string of the molecule is O=C(Nc1ccc2cn[nH]c2c1)c1n[nH]c(=O)c2ccccc12. The van der Waals surface area contributed by atoms with E-state index in [2.05, 4.69) is 25.7 Å². The first-order chi connectivity index (χ1) is 11.2. The average molecular weight is 305 g/mol. The highest BCUT2D eigenvalue weighted by Crippen LogP contribution is 2.18. The number of aromatic nitrogens is 4. The van der Waals surface area contributed by atoms with Crippen LogP contribution in [-0.4, -0.2) is 26.3 Å². The Morgan fingerprint density at radius 3 is 2.74 bits per heavy atom. The maximum atomic E-state index is 12.5. The van der Waals surface area contributed by atoms with E-state index in [4.69, 9.17) is 0 Å². The topological polar surface area (TPSA) is 104 Å². The van der Waals surface area contributed by atoms with Crippen molar-refractivity contribution >= 4 is 33.3 Å². The quantitative estimate of drug-likeness (QED) is 0.527. The Morgan fingerprint density at radius 1 is 1.04 bits per heavy atom. The molecule has 3 N–H and O–H groups in total. The number of carbonyl (C=O) groups is 1. The number of carbonyl (C=O) groups excluding carboxylic acids is 1. The molecule has 0 bridgehead atoms. The molecule has 0 atom stereocenters. The van der Waals surface area contributed by atoms with Crippen LogP contribution in [0, 0.1) is 0 Å². The average Bonchev–Trinajstić information content (AvgIpc) is 3.03. The minimum atomic E-state index is -0.392. The minimum absolute atomic E-state index is 0.171. The number of H-pyrrole nitrogens is 2. The van der Waals surface area contributed by atoms with Crippen molar-refractivity contribution in [1.29, 1.82) is 0 Å². The predicted molar refractivity (Wildman–Crippen MR) is 86.4 cm³/mol. The fourth-order valence-electron chi connectivity index (χ4n) is 2.49. The fraction of sp³-hybridized carbons (Fsp3) is 0. The highest BCUT2D eigenvalue weighted by Gasteiger charge is 2.14. The number of fused-ring (bicyclic) bond motifs is 2. The van der Waals surface area contributed by atoms with Crippen LogP contribution in [0.2, 0.25) is 0 Å². The Kier molecular flexibility index (Phi) is 2.90. The molecule has 4 aromatic rings. The van der Waals surface area contributed by atoms with E-state index in [1.165, 1.54) is 0 Å². The molecule has 2 aromatic carbocycles. The molecule has 0 fully saturated rings. The summed E-state index contributed by atoms with van der Waals surface area (Å²) in [4.78, 5) is 24.3. The molecule has 0 spiro atoms. The fourth-order valence-corrected chi connectivity index (χ4v) is 2.49. The number of hydrogen-bond donors (Lipinski definition) is 3. The zero-order chi connectivity index (χ0) is 15.8. The van der Waals surface area contributed by atoms with Gasteiger partial charge in [-0.2, -0.15) is 10.2 Å². The Balaban J connectivity index is 1.74. The zero-order valence-electron chi connectivity index (χ0n) is 11.8. The van der Waals surface area contributed by atoms with Crippen molar-refractivity contribution in [2.24, 2.45) is 0 Å². The Bertz CT molecular complexity index is 1100. The molecule has 112 valence electrons. The lowest BCUT2D eigenvalue weighted by atomic mass is 10.1. The summed E-state index contributed by atoms with van der Waals surface area (Å²) in [5.41, 5.74) is 1.28. The molecule has 0 unspecified atom stereocenters. The molecule has 4 rings (SSSR count). The number of hydrogen-bond acceptors (Lipinski definition) is 4. The largest absolute Gasteiger partial charge is 0.321 e. The van der Waals surface area contributed by atoms with Gasteiger partial charge < -0.3 is 5.32 Å². The van der Waals surface area contributed by atoms with Gasteiger partial charge in [-0.1, -0.05) is 18.2 Å². The van der Waals surface area contributed by atoms with Gasteiger partial charge in [-0.25, -0.2) is 5.10 Å². The molecule has 23 heavy (non-hydrogen) atoms. The molecular weight excluding hydrogens is 294 g/mol. The first-order valence-electron chi connectivity index (χ1n) is 6.94. The molecule has 1 amide bonds. The van der Waals surface area contributed by atoms with Crippen LogP contribution in [0.4, 0.5) is 5.69 Å². The number of nitrogens with one attached hydrogen (secondary N) is 3. The van der Waals surface area contributed by atoms with Crippen molar-refractivity contribution in [2.75, 3.05) is 5.32 Å². The van der Waals surface area contributed by atoms with E-state index in [0.717, 1.165) is 10.9 Å².